The van der Waals surface area contributed by atoms with Crippen LogP contribution in [0.2, 0.25) is 0 Å². The minimum Gasteiger partial charge on any atom is -0.352 e. The fourth-order valence-electron chi connectivity index (χ4n) is 2.18. The number of rotatable bonds is 5. The molecule has 0 fully saturated rings. The first-order valence-electron chi connectivity index (χ1n) is 7.26. The number of carbonyl (C=O) groups is 1. The highest BCUT2D eigenvalue weighted by Crippen LogP contribution is 2.22. The maximum Gasteiger partial charge on any atom is 0.251 e. The molecule has 3 aromatic rings. The molecule has 1 N–H and O–H groups in total. The topological polar surface area (TPSA) is 42.0 Å². The van der Waals surface area contributed by atoms with E-state index in [1.54, 1.807) is 18.2 Å². The van der Waals surface area contributed by atoms with Gasteiger partial charge in [0.25, 0.3) is 5.91 Å². The first-order chi connectivity index (χ1) is 11.2. The second-order valence-electron chi connectivity index (χ2n) is 5.01. The lowest BCUT2D eigenvalue weighted by Crippen LogP contribution is -2.25. The highest BCUT2D eigenvalue weighted by molar-refractivity contribution is 7.09. The van der Waals surface area contributed by atoms with Gasteiger partial charge >= 0.3 is 0 Å². The van der Waals surface area contributed by atoms with Crippen molar-refractivity contribution in [3.8, 4) is 11.3 Å². The number of aromatic nitrogens is 1. The van der Waals surface area contributed by atoms with E-state index >= 15 is 0 Å². The zero-order valence-electron chi connectivity index (χ0n) is 12.3. The van der Waals surface area contributed by atoms with Gasteiger partial charge in [-0.25, -0.2) is 9.37 Å². The van der Waals surface area contributed by atoms with Gasteiger partial charge in [-0.1, -0.05) is 30.3 Å². The van der Waals surface area contributed by atoms with E-state index in [9.17, 15) is 9.18 Å². The molecule has 0 atom stereocenters. The molecule has 0 saturated carbocycles. The maximum absolute atomic E-state index is 13.2. The van der Waals surface area contributed by atoms with Crippen LogP contribution in [0.3, 0.4) is 0 Å². The molecule has 0 unspecified atom stereocenters. The minimum absolute atomic E-state index is 0.0903. The summed E-state index contributed by atoms with van der Waals surface area (Å²) < 4.78 is 13.2. The summed E-state index contributed by atoms with van der Waals surface area (Å²) in [6.07, 6.45) is 0.651. The lowest BCUT2D eigenvalue weighted by Gasteiger charge is -2.03. The number of halogens is 1. The quantitative estimate of drug-likeness (QED) is 0.772. The molecular weight excluding hydrogens is 311 g/mol. The van der Waals surface area contributed by atoms with Crippen molar-refractivity contribution in [1.29, 1.82) is 0 Å². The van der Waals surface area contributed by atoms with E-state index in [0.717, 1.165) is 16.3 Å². The van der Waals surface area contributed by atoms with Crippen LogP contribution in [0.1, 0.15) is 15.4 Å². The predicted octanol–water partition coefficient (Wildman–Crippen LogP) is 3.92. The molecule has 0 spiro atoms. The van der Waals surface area contributed by atoms with E-state index in [0.29, 0.717) is 18.5 Å². The summed E-state index contributed by atoms with van der Waals surface area (Å²) in [5.41, 5.74) is 2.17. The maximum atomic E-state index is 13.2. The molecular formula is C18H15FN2OS. The average molecular weight is 326 g/mol. The van der Waals surface area contributed by atoms with Gasteiger partial charge < -0.3 is 5.32 Å². The summed E-state index contributed by atoms with van der Waals surface area (Å²) in [5.74, 6) is -0.361. The summed E-state index contributed by atoms with van der Waals surface area (Å²) in [7, 11) is 0. The summed E-state index contributed by atoms with van der Waals surface area (Å²) >= 11 is 1.51. The highest BCUT2D eigenvalue weighted by atomic mass is 32.1. The number of hydrogen-bond donors (Lipinski definition) is 1. The molecule has 23 heavy (non-hydrogen) atoms. The third kappa shape index (κ3) is 4.02. The molecule has 5 heteroatoms. The molecule has 116 valence electrons. The fourth-order valence-corrected chi connectivity index (χ4v) is 2.99. The van der Waals surface area contributed by atoms with E-state index in [-0.39, 0.29) is 11.7 Å². The normalized spacial score (nSPS) is 10.5. The minimum atomic E-state index is -0.271. The summed E-state index contributed by atoms with van der Waals surface area (Å²) in [5, 5.41) is 5.69. The smallest absolute Gasteiger partial charge is 0.251 e. The number of nitrogens with one attached hydrogen (secondary N) is 1. The number of amides is 1. The van der Waals surface area contributed by atoms with Gasteiger partial charge in [-0.15, -0.1) is 11.3 Å². The van der Waals surface area contributed by atoms with Gasteiger partial charge in [0.2, 0.25) is 0 Å². The van der Waals surface area contributed by atoms with Crippen LogP contribution in [-0.4, -0.2) is 17.4 Å². The van der Waals surface area contributed by atoms with Gasteiger partial charge in [0.15, 0.2) is 0 Å². The molecule has 3 nitrogen and oxygen atoms in total. The van der Waals surface area contributed by atoms with Crippen molar-refractivity contribution in [2.24, 2.45) is 0 Å². The number of carbonyl (C=O) groups excluding carboxylic acids is 1. The highest BCUT2D eigenvalue weighted by Gasteiger charge is 2.07. The molecule has 0 saturated heterocycles. The van der Waals surface area contributed by atoms with Crippen LogP contribution in [0.15, 0.2) is 60.0 Å². The zero-order valence-corrected chi connectivity index (χ0v) is 13.1. The van der Waals surface area contributed by atoms with E-state index in [1.807, 2.05) is 29.6 Å². The zero-order chi connectivity index (χ0) is 16.1. The Labute approximate surface area is 137 Å². The number of hydrogen-bond acceptors (Lipinski definition) is 3. The standard InChI is InChI=1S/C18H15FN2OS/c19-15-8-4-7-14(11-15)16-12-23-17(21-16)9-10-20-18(22)13-5-2-1-3-6-13/h1-8,11-12H,9-10H2,(H,20,22). The van der Waals surface area contributed by atoms with Crippen LogP contribution < -0.4 is 5.32 Å². The third-order valence-electron chi connectivity index (χ3n) is 3.33. The third-order valence-corrected chi connectivity index (χ3v) is 4.24. The Kier molecular flexibility index (Phi) is 4.78. The monoisotopic (exact) mass is 326 g/mol. The van der Waals surface area contributed by atoms with Crippen LogP contribution in [0.5, 0.6) is 0 Å². The van der Waals surface area contributed by atoms with Crippen molar-refractivity contribution in [3.63, 3.8) is 0 Å². The van der Waals surface area contributed by atoms with Crippen LogP contribution in [-0.2, 0) is 6.42 Å². The van der Waals surface area contributed by atoms with E-state index in [4.69, 9.17) is 0 Å². The molecule has 3 rings (SSSR count). The van der Waals surface area contributed by atoms with Crippen LogP contribution in [0.25, 0.3) is 11.3 Å². The Morgan fingerprint density at radius 1 is 1.13 bits per heavy atom. The first-order valence-corrected chi connectivity index (χ1v) is 8.14. The van der Waals surface area contributed by atoms with Crippen molar-refractivity contribution < 1.29 is 9.18 Å². The van der Waals surface area contributed by atoms with Crippen molar-refractivity contribution in [3.05, 3.63) is 76.4 Å². The lowest BCUT2D eigenvalue weighted by atomic mass is 10.2. The van der Waals surface area contributed by atoms with Gasteiger partial charge in [-0.05, 0) is 24.3 Å². The molecule has 2 aromatic carbocycles. The van der Waals surface area contributed by atoms with Crippen molar-refractivity contribution in [2.75, 3.05) is 6.54 Å². The van der Waals surface area contributed by atoms with Gasteiger partial charge in [0.05, 0.1) is 10.7 Å². The van der Waals surface area contributed by atoms with E-state index in [1.165, 1.54) is 23.5 Å². The summed E-state index contributed by atoms with van der Waals surface area (Å²) in [6.45, 7) is 0.518. The fraction of sp³-hybridized carbons (Fsp3) is 0.111. The van der Waals surface area contributed by atoms with Gasteiger partial charge in [0.1, 0.15) is 5.82 Å². The van der Waals surface area contributed by atoms with Gasteiger partial charge in [-0.3, -0.25) is 4.79 Å². The average Bonchev–Trinajstić information content (AvgIpc) is 3.04. The Morgan fingerprint density at radius 3 is 2.74 bits per heavy atom. The van der Waals surface area contributed by atoms with Crippen LogP contribution in [0, 0.1) is 5.82 Å². The Hall–Kier alpha value is -2.53. The first kappa shape index (κ1) is 15.4. The summed E-state index contributed by atoms with van der Waals surface area (Å²) in [4.78, 5) is 16.4. The van der Waals surface area contributed by atoms with E-state index < -0.39 is 0 Å². The van der Waals surface area contributed by atoms with E-state index in [2.05, 4.69) is 10.3 Å². The molecule has 1 aromatic heterocycles. The number of benzene rings is 2. The number of nitrogens with zero attached hydrogens (tertiary/aromatic N) is 1. The van der Waals surface area contributed by atoms with Gasteiger partial charge in [0, 0.05) is 29.5 Å². The molecule has 0 aliphatic rings. The molecule has 0 bridgehead atoms. The molecule has 0 aliphatic carbocycles. The van der Waals surface area contributed by atoms with Crippen LogP contribution >= 0.6 is 11.3 Å². The second-order valence-corrected chi connectivity index (χ2v) is 5.95. The van der Waals surface area contributed by atoms with Crippen molar-refractivity contribution >= 4 is 17.2 Å². The Morgan fingerprint density at radius 2 is 1.96 bits per heavy atom. The molecule has 0 radical (unpaired) electrons. The predicted molar refractivity (Wildman–Crippen MR) is 90.0 cm³/mol. The summed E-state index contributed by atoms with van der Waals surface area (Å²) in [6, 6.07) is 15.5. The largest absolute Gasteiger partial charge is 0.352 e. The van der Waals surface area contributed by atoms with Gasteiger partial charge in [-0.2, -0.15) is 0 Å². The second kappa shape index (κ2) is 7.15. The SMILES string of the molecule is O=C(NCCc1nc(-c2cccc(F)c2)cs1)c1ccccc1. The lowest BCUT2D eigenvalue weighted by molar-refractivity contribution is 0.0954. The Bertz CT molecular complexity index is 802. The van der Waals surface area contributed by atoms with Crippen LogP contribution in [0.4, 0.5) is 4.39 Å². The molecule has 0 aliphatic heterocycles. The molecule has 1 amide bonds. The van der Waals surface area contributed by atoms with Crippen molar-refractivity contribution in [1.82, 2.24) is 10.3 Å². The molecule has 1 heterocycles. The number of thiazole rings is 1. The van der Waals surface area contributed by atoms with Crippen molar-refractivity contribution in [2.45, 2.75) is 6.42 Å². The Balaban J connectivity index is 1.57.